The van der Waals surface area contributed by atoms with Crippen LogP contribution in [0.15, 0.2) is 18.2 Å². The molecule has 2 N–H and O–H groups in total. The van der Waals surface area contributed by atoms with E-state index < -0.39 is 11.7 Å². The molecule has 21 heavy (non-hydrogen) atoms. The van der Waals surface area contributed by atoms with Crippen molar-refractivity contribution in [2.75, 3.05) is 24.6 Å². The molecule has 1 aliphatic heterocycles. The lowest BCUT2D eigenvalue weighted by atomic mass is 10.00. The molecule has 2 atom stereocenters. The molecule has 0 amide bonds. The van der Waals surface area contributed by atoms with Gasteiger partial charge in [-0.1, -0.05) is 6.07 Å². The van der Waals surface area contributed by atoms with E-state index >= 15 is 0 Å². The summed E-state index contributed by atoms with van der Waals surface area (Å²) in [5.74, 6) is 0. The first kappa shape index (κ1) is 15.8. The van der Waals surface area contributed by atoms with Crippen molar-refractivity contribution >= 4 is 5.69 Å². The zero-order valence-corrected chi connectivity index (χ0v) is 12.7. The molecule has 0 radical (unpaired) electrons. The van der Waals surface area contributed by atoms with E-state index in [0.29, 0.717) is 18.7 Å². The predicted molar refractivity (Wildman–Crippen MR) is 80.0 cm³/mol. The summed E-state index contributed by atoms with van der Waals surface area (Å²) < 4.78 is 5.81. The van der Waals surface area contributed by atoms with Crippen LogP contribution >= 0.6 is 0 Å². The van der Waals surface area contributed by atoms with Crippen LogP contribution in [-0.2, 0) is 4.74 Å². The Balaban J connectivity index is 2.41. The van der Waals surface area contributed by atoms with Crippen LogP contribution in [0.3, 0.4) is 0 Å². The van der Waals surface area contributed by atoms with E-state index in [1.165, 1.54) is 0 Å². The summed E-state index contributed by atoms with van der Waals surface area (Å²) in [7, 11) is 0. The Morgan fingerprint density at radius 1 is 1.52 bits per heavy atom. The number of benzene rings is 1. The highest BCUT2D eigenvalue weighted by Crippen LogP contribution is 2.32. The average Bonchev–Trinajstić information content (AvgIpc) is 2.44. The zero-order chi connectivity index (χ0) is 15.6. The minimum absolute atomic E-state index is 0.0537. The molecule has 114 valence electrons. The first-order valence-corrected chi connectivity index (χ1v) is 7.12. The normalized spacial score (nSPS) is 22.7. The first-order chi connectivity index (χ1) is 9.86. The Bertz CT molecular complexity index is 549. The molecule has 5 heteroatoms. The minimum atomic E-state index is -0.619. The quantitative estimate of drug-likeness (QED) is 0.884. The van der Waals surface area contributed by atoms with E-state index in [4.69, 9.17) is 10.00 Å². The molecule has 0 saturated carbocycles. The summed E-state index contributed by atoms with van der Waals surface area (Å²) >= 11 is 0. The molecule has 1 saturated heterocycles. The van der Waals surface area contributed by atoms with E-state index in [0.717, 1.165) is 11.3 Å². The van der Waals surface area contributed by atoms with E-state index in [-0.39, 0.29) is 12.7 Å². The molecule has 1 fully saturated rings. The molecule has 5 nitrogen and oxygen atoms in total. The summed E-state index contributed by atoms with van der Waals surface area (Å²) in [6.07, 6.45) is -0.896. The number of morpholine rings is 1. The van der Waals surface area contributed by atoms with Gasteiger partial charge in [0.1, 0.15) is 0 Å². The highest BCUT2D eigenvalue weighted by atomic mass is 16.5. The van der Waals surface area contributed by atoms with Crippen LogP contribution in [0, 0.1) is 11.3 Å². The molecular weight excluding hydrogens is 268 g/mol. The maximum absolute atomic E-state index is 9.96. The zero-order valence-electron chi connectivity index (χ0n) is 12.7. The van der Waals surface area contributed by atoms with Gasteiger partial charge in [-0.3, -0.25) is 0 Å². The second-order valence-corrected chi connectivity index (χ2v) is 6.12. The van der Waals surface area contributed by atoms with Gasteiger partial charge in [0.25, 0.3) is 0 Å². The number of nitriles is 1. The smallest absolute Gasteiger partial charge is 0.0992 e. The molecular formula is C16H22N2O3. The maximum atomic E-state index is 9.96. The molecule has 1 aromatic rings. The third kappa shape index (κ3) is 3.53. The molecule has 0 aliphatic carbocycles. The summed E-state index contributed by atoms with van der Waals surface area (Å²) in [4.78, 5) is 2.08. The van der Waals surface area contributed by atoms with Gasteiger partial charge in [0.15, 0.2) is 0 Å². The Kier molecular flexibility index (Phi) is 4.52. The second kappa shape index (κ2) is 6.02. The van der Waals surface area contributed by atoms with Crippen LogP contribution < -0.4 is 4.90 Å². The van der Waals surface area contributed by atoms with Crippen molar-refractivity contribution < 1.29 is 14.9 Å². The standard InChI is InChI=1S/C16H22N2O3/c1-11(20)14-5-4-12(7-17)6-15(14)18-8-13(9-19)21-16(2,3)10-18/h4-6,11,13,19-20H,8-10H2,1-3H3. The van der Waals surface area contributed by atoms with Gasteiger partial charge in [0, 0.05) is 24.3 Å². The minimum Gasteiger partial charge on any atom is -0.394 e. The lowest BCUT2D eigenvalue weighted by Crippen LogP contribution is -2.54. The van der Waals surface area contributed by atoms with Crippen molar-refractivity contribution in [1.82, 2.24) is 0 Å². The Labute approximate surface area is 125 Å². The van der Waals surface area contributed by atoms with Crippen LogP contribution in [-0.4, -0.2) is 41.6 Å². The highest BCUT2D eigenvalue weighted by molar-refractivity contribution is 5.59. The molecule has 1 aromatic carbocycles. The van der Waals surface area contributed by atoms with Gasteiger partial charge in [-0.2, -0.15) is 5.26 Å². The fraction of sp³-hybridized carbons (Fsp3) is 0.562. The summed E-state index contributed by atoms with van der Waals surface area (Å²) in [5.41, 5.74) is 1.77. The maximum Gasteiger partial charge on any atom is 0.0992 e. The van der Waals surface area contributed by atoms with E-state index in [1.54, 1.807) is 25.1 Å². The molecule has 1 aliphatic rings. The van der Waals surface area contributed by atoms with Gasteiger partial charge in [-0.25, -0.2) is 0 Å². The van der Waals surface area contributed by atoms with E-state index in [2.05, 4.69) is 11.0 Å². The lowest BCUT2D eigenvalue weighted by molar-refractivity contribution is -0.101. The third-order valence-corrected chi connectivity index (χ3v) is 3.64. The van der Waals surface area contributed by atoms with Crippen molar-refractivity contribution in [3.63, 3.8) is 0 Å². The molecule has 0 aromatic heterocycles. The molecule has 2 unspecified atom stereocenters. The van der Waals surface area contributed by atoms with Gasteiger partial charge >= 0.3 is 0 Å². The summed E-state index contributed by atoms with van der Waals surface area (Å²) in [6.45, 7) is 6.77. The molecule has 1 heterocycles. The molecule has 0 spiro atoms. The number of hydrogen-bond donors (Lipinski definition) is 2. The predicted octanol–water partition coefficient (Wildman–Crippen LogP) is 1.59. The van der Waals surface area contributed by atoms with E-state index in [9.17, 15) is 10.2 Å². The van der Waals surface area contributed by atoms with Gasteiger partial charge < -0.3 is 19.8 Å². The fourth-order valence-electron chi connectivity index (χ4n) is 2.81. The van der Waals surface area contributed by atoms with Crippen molar-refractivity contribution in [1.29, 1.82) is 5.26 Å². The van der Waals surface area contributed by atoms with Crippen LogP contribution in [0.5, 0.6) is 0 Å². The van der Waals surface area contributed by atoms with Gasteiger partial charge in [-0.15, -0.1) is 0 Å². The Morgan fingerprint density at radius 3 is 2.81 bits per heavy atom. The molecule has 2 rings (SSSR count). The third-order valence-electron chi connectivity index (χ3n) is 3.64. The lowest BCUT2D eigenvalue weighted by Gasteiger charge is -2.44. The average molecular weight is 290 g/mol. The number of ether oxygens (including phenoxy) is 1. The SMILES string of the molecule is CC(O)c1ccc(C#N)cc1N1CC(CO)OC(C)(C)C1. The first-order valence-electron chi connectivity index (χ1n) is 7.12. The van der Waals surface area contributed by atoms with Gasteiger partial charge in [0.2, 0.25) is 0 Å². The van der Waals surface area contributed by atoms with Crippen LogP contribution in [0.25, 0.3) is 0 Å². The second-order valence-electron chi connectivity index (χ2n) is 6.12. The number of rotatable bonds is 3. The fourth-order valence-corrected chi connectivity index (χ4v) is 2.81. The number of aliphatic hydroxyl groups excluding tert-OH is 2. The van der Waals surface area contributed by atoms with Gasteiger partial charge in [0.05, 0.1) is 36.0 Å². The van der Waals surface area contributed by atoms with Crippen LogP contribution in [0.1, 0.15) is 38.0 Å². The van der Waals surface area contributed by atoms with Crippen molar-refractivity contribution in [2.24, 2.45) is 0 Å². The number of anilines is 1. The Morgan fingerprint density at radius 2 is 2.24 bits per heavy atom. The largest absolute Gasteiger partial charge is 0.394 e. The number of nitrogens with zero attached hydrogens (tertiary/aromatic N) is 2. The van der Waals surface area contributed by atoms with Crippen molar-refractivity contribution in [3.8, 4) is 6.07 Å². The van der Waals surface area contributed by atoms with Crippen LogP contribution in [0.4, 0.5) is 5.69 Å². The number of hydrogen-bond acceptors (Lipinski definition) is 5. The Hall–Kier alpha value is -1.61. The van der Waals surface area contributed by atoms with Gasteiger partial charge in [-0.05, 0) is 32.9 Å². The molecule has 0 bridgehead atoms. The van der Waals surface area contributed by atoms with E-state index in [1.807, 2.05) is 13.8 Å². The monoisotopic (exact) mass is 290 g/mol. The van der Waals surface area contributed by atoms with Crippen molar-refractivity contribution in [2.45, 2.75) is 38.6 Å². The topological polar surface area (TPSA) is 76.7 Å². The number of aliphatic hydroxyl groups is 2. The summed E-state index contributed by atoms with van der Waals surface area (Å²) in [5, 5.41) is 28.5. The van der Waals surface area contributed by atoms with Crippen molar-refractivity contribution in [3.05, 3.63) is 29.3 Å². The summed E-state index contributed by atoms with van der Waals surface area (Å²) in [6, 6.07) is 7.41. The highest BCUT2D eigenvalue weighted by Gasteiger charge is 2.34. The van der Waals surface area contributed by atoms with Crippen LogP contribution in [0.2, 0.25) is 0 Å².